The summed E-state index contributed by atoms with van der Waals surface area (Å²) < 4.78 is 39.1. The zero-order valence-corrected chi connectivity index (χ0v) is 28.6. The summed E-state index contributed by atoms with van der Waals surface area (Å²) in [5.41, 5.74) is 1.95. The standard InChI is InChI=1S/C33H41N5O6S2/c1-8-20-14-33(20,31(40)38-46(41,42)32(6)11-12-32)37-29(39)28-19(5)26(15-34-28)44-25-13-22(30-36-23(16-45-30)17(2)3)35-27-18(4)24(43-7)10-9-21(25)27/h8-10,13,16-17,19-20,26,28,34H,1,11-12,14-15H2,2-7H3,(H,37,39)(H,38,40). The van der Waals surface area contributed by atoms with Crippen molar-refractivity contribution in [2.75, 3.05) is 13.7 Å². The van der Waals surface area contributed by atoms with Crippen LogP contribution >= 0.6 is 11.3 Å². The number of thiazole rings is 1. The number of aryl methyl sites for hydroxylation is 1. The molecule has 2 amide bonds. The minimum atomic E-state index is -3.86. The molecule has 2 saturated carbocycles. The quantitative estimate of drug-likeness (QED) is 0.256. The predicted octanol–water partition coefficient (Wildman–Crippen LogP) is 4.21. The topological polar surface area (TPSA) is 149 Å². The van der Waals surface area contributed by atoms with Gasteiger partial charge in [-0.25, -0.2) is 18.4 Å². The lowest BCUT2D eigenvalue weighted by molar-refractivity contribution is -0.130. The third kappa shape index (κ3) is 5.56. The average molecular weight is 668 g/mol. The number of carbonyl (C=O) groups is 2. The second kappa shape index (κ2) is 11.6. The summed E-state index contributed by atoms with van der Waals surface area (Å²) in [7, 11) is -2.23. The van der Waals surface area contributed by atoms with Crippen LogP contribution in [0, 0.1) is 18.8 Å². The van der Waals surface area contributed by atoms with Crippen LogP contribution in [0.3, 0.4) is 0 Å². The second-order valence-electron chi connectivity index (χ2n) is 13.3. The first kappa shape index (κ1) is 32.4. The molecular weight excluding hydrogens is 627 g/mol. The highest BCUT2D eigenvalue weighted by atomic mass is 32.2. The van der Waals surface area contributed by atoms with Crippen LogP contribution in [0.5, 0.6) is 11.5 Å². The van der Waals surface area contributed by atoms with E-state index in [9.17, 15) is 18.0 Å². The van der Waals surface area contributed by atoms with Crippen LogP contribution in [0.2, 0.25) is 0 Å². The molecule has 2 aromatic heterocycles. The Morgan fingerprint density at radius 3 is 2.57 bits per heavy atom. The van der Waals surface area contributed by atoms with Gasteiger partial charge >= 0.3 is 0 Å². The van der Waals surface area contributed by atoms with Gasteiger partial charge in [-0.3, -0.25) is 14.3 Å². The van der Waals surface area contributed by atoms with Gasteiger partial charge in [0.2, 0.25) is 15.9 Å². The van der Waals surface area contributed by atoms with Crippen molar-refractivity contribution < 1.29 is 27.5 Å². The number of carbonyl (C=O) groups excluding carboxylic acids is 2. The summed E-state index contributed by atoms with van der Waals surface area (Å²) in [4.78, 5) is 36.7. The van der Waals surface area contributed by atoms with Crippen molar-refractivity contribution in [2.45, 2.75) is 82.2 Å². The maximum absolute atomic E-state index is 13.7. The Balaban J connectivity index is 1.23. The number of hydrogen-bond donors (Lipinski definition) is 3. The zero-order chi connectivity index (χ0) is 33.2. The lowest BCUT2D eigenvalue weighted by Crippen LogP contribution is -2.57. The number of rotatable bonds is 11. The fourth-order valence-electron chi connectivity index (χ4n) is 6.06. The Morgan fingerprint density at radius 1 is 1.22 bits per heavy atom. The van der Waals surface area contributed by atoms with Gasteiger partial charge in [0, 0.05) is 40.8 Å². The molecular formula is C33H41N5O6S2. The van der Waals surface area contributed by atoms with Gasteiger partial charge in [0.25, 0.3) is 5.91 Å². The van der Waals surface area contributed by atoms with Gasteiger partial charge < -0.3 is 20.1 Å². The molecule has 1 saturated heterocycles. The molecule has 3 aromatic rings. The van der Waals surface area contributed by atoms with Crippen LogP contribution in [-0.4, -0.2) is 66.3 Å². The van der Waals surface area contributed by atoms with Gasteiger partial charge in [-0.05, 0) is 51.2 Å². The van der Waals surface area contributed by atoms with Crippen LogP contribution in [0.25, 0.3) is 21.6 Å². The van der Waals surface area contributed by atoms with Crippen molar-refractivity contribution in [3.63, 3.8) is 0 Å². The summed E-state index contributed by atoms with van der Waals surface area (Å²) >= 11 is 1.53. The van der Waals surface area contributed by atoms with Crippen molar-refractivity contribution in [1.82, 2.24) is 25.3 Å². The van der Waals surface area contributed by atoms with E-state index < -0.39 is 38.2 Å². The van der Waals surface area contributed by atoms with Gasteiger partial charge in [0.1, 0.15) is 33.8 Å². The predicted molar refractivity (Wildman–Crippen MR) is 177 cm³/mol. The highest BCUT2D eigenvalue weighted by Gasteiger charge is 2.62. The van der Waals surface area contributed by atoms with Crippen LogP contribution in [-0.2, 0) is 19.6 Å². The van der Waals surface area contributed by atoms with Crippen molar-refractivity contribution in [3.8, 4) is 22.2 Å². The molecule has 11 nitrogen and oxygen atoms in total. The normalized spacial score (nSPS) is 26.5. The maximum atomic E-state index is 13.7. The lowest BCUT2D eigenvalue weighted by Gasteiger charge is -2.25. The van der Waals surface area contributed by atoms with Gasteiger partial charge in [-0.2, -0.15) is 0 Å². The molecule has 3 fully saturated rings. The first-order valence-electron chi connectivity index (χ1n) is 15.6. The summed E-state index contributed by atoms with van der Waals surface area (Å²) in [6, 6.07) is 5.04. The molecule has 3 heterocycles. The average Bonchev–Trinajstić information content (AvgIpc) is 3.82. The molecule has 3 N–H and O–H groups in total. The van der Waals surface area contributed by atoms with E-state index in [1.54, 1.807) is 20.1 Å². The maximum Gasteiger partial charge on any atom is 0.259 e. The number of amides is 2. The fourth-order valence-corrected chi connectivity index (χ4v) is 8.31. The lowest BCUT2D eigenvalue weighted by atomic mass is 9.99. The number of sulfonamides is 1. The molecule has 2 aliphatic carbocycles. The van der Waals surface area contributed by atoms with Crippen molar-refractivity contribution in [3.05, 3.63) is 47.5 Å². The van der Waals surface area contributed by atoms with E-state index in [0.717, 1.165) is 27.2 Å². The summed E-state index contributed by atoms with van der Waals surface area (Å²) in [5.74, 6) is -0.146. The number of benzene rings is 1. The third-order valence-electron chi connectivity index (χ3n) is 9.79. The molecule has 0 spiro atoms. The number of ether oxygens (including phenoxy) is 2. The number of aromatic nitrogens is 2. The summed E-state index contributed by atoms with van der Waals surface area (Å²) in [6.07, 6.45) is 2.47. The monoisotopic (exact) mass is 667 g/mol. The Kier molecular flexibility index (Phi) is 8.17. The van der Waals surface area contributed by atoms with Gasteiger partial charge in [0.15, 0.2) is 0 Å². The van der Waals surface area contributed by atoms with E-state index in [2.05, 4.69) is 35.8 Å². The molecule has 1 aliphatic heterocycles. The highest BCUT2D eigenvalue weighted by Crippen LogP contribution is 2.47. The molecule has 0 bridgehead atoms. The number of nitrogens with one attached hydrogen (secondary N) is 3. The molecule has 6 rings (SSSR count). The van der Waals surface area contributed by atoms with Gasteiger partial charge in [-0.1, -0.05) is 26.8 Å². The van der Waals surface area contributed by atoms with Crippen molar-refractivity contribution >= 4 is 44.1 Å². The smallest absolute Gasteiger partial charge is 0.259 e. The second-order valence-corrected chi connectivity index (χ2v) is 16.4. The Labute approximate surface area is 273 Å². The van der Waals surface area contributed by atoms with E-state index in [1.807, 2.05) is 37.4 Å². The Bertz CT molecular complexity index is 1830. The van der Waals surface area contributed by atoms with E-state index in [1.165, 1.54) is 11.3 Å². The van der Waals surface area contributed by atoms with E-state index in [4.69, 9.17) is 19.4 Å². The van der Waals surface area contributed by atoms with E-state index >= 15 is 0 Å². The largest absolute Gasteiger partial charge is 0.496 e. The minimum Gasteiger partial charge on any atom is -0.496 e. The minimum absolute atomic E-state index is 0.282. The van der Waals surface area contributed by atoms with Crippen LogP contribution < -0.4 is 24.8 Å². The van der Waals surface area contributed by atoms with Crippen LogP contribution in [0.15, 0.2) is 36.2 Å². The van der Waals surface area contributed by atoms with Crippen LogP contribution in [0.1, 0.15) is 64.1 Å². The summed E-state index contributed by atoms with van der Waals surface area (Å²) in [6.45, 7) is 13.9. The number of hydrogen-bond acceptors (Lipinski definition) is 10. The first-order chi connectivity index (χ1) is 21.7. The molecule has 46 heavy (non-hydrogen) atoms. The molecule has 3 aliphatic rings. The first-order valence-corrected chi connectivity index (χ1v) is 18.0. The molecule has 0 radical (unpaired) electrons. The van der Waals surface area contributed by atoms with Crippen molar-refractivity contribution in [2.24, 2.45) is 11.8 Å². The molecule has 5 atom stereocenters. The third-order valence-corrected chi connectivity index (χ3v) is 12.8. The number of methoxy groups -OCH3 is 1. The fraction of sp³-hybridized carbons (Fsp3) is 0.515. The molecule has 5 unspecified atom stereocenters. The number of pyridine rings is 1. The Morgan fingerprint density at radius 2 is 1.96 bits per heavy atom. The van der Waals surface area contributed by atoms with Gasteiger partial charge in [-0.15, -0.1) is 17.9 Å². The zero-order valence-electron chi connectivity index (χ0n) is 27.0. The SMILES string of the molecule is C=CC1CC1(NC(=O)C1NCC(Oc2cc(-c3nc(C(C)C)cs3)nc3c(C)c(OC)ccc23)C1C)C(=O)NS(=O)(=O)C1(C)CC1. The van der Waals surface area contributed by atoms with E-state index in [0.29, 0.717) is 36.6 Å². The summed E-state index contributed by atoms with van der Waals surface area (Å²) in [5, 5.41) is 9.78. The van der Waals surface area contributed by atoms with Crippen LogP contribution in [0.4, 0.5) is 0 Å². The number of nitrogens with zero attached hydrogens (tertiary/aromatic N) is 2. The van der Waals surface area contributed by atoms with Gasteiger partial charge in [0.05, 0.1) is 29.1 Å². The Hall–Kier alpha value is -3.55. The highest BCUT2D eigenvalue weighted by molar-refractivity contribution is 7.91. The number of fused-ring (bicyclic) bond motifs is 1. The molecule has 1 aromatic carbocycles. The van der Waals surface area contributed by atoms with Crippen molar-refractivity contribution in [1.29, 1.82) is 0 Å². The van der Waals surface area contributed by atoms with E-state index in [-0.39, 0.29) is 30.3 Å². The molecule has 246 valence electrons. The molecule has 13 heteroatoms.